The Balaban J connectivity index is 2.11. The highest BCUT2D eigenvalue weighted by atomic mass is 19.1. The van der Waals surface area contributed by atoms with Crippen molar-refractivity contribution in [2.75, 3.05) is 0 Å². The number of hydrogen-bond donors (Lipinski definition) is 2. The third-order valence-electron chi connectivity index (χ3n) is 2.78. The number of benzene rings is 2. The van der Waals surface area contributed by atoms with Gasteiger partial charge < -0.3 is 5.11 Å². The van der Waals surface area contributed by atoms with Crippen LogP contribution in [0.2, 0.25) is 0 Å². The summed E-state index contributed by atoms with van der Waals surface area (Å²) < 4.78 is 13.1. The first-order chi connectivity index (χ1) is 9.16. The number of carbonyl (C=O) groups is 1. The maximum atomic E-state index is 13.1. The molecule has 0 amide bonds. The molecule has 0 aliphatic rings. The molecule has 4 heteroatoms. The van der Waals surface area contributed by atoms with E-state index in [0.29, 0.717) is 12.1 Å². The van der Waals surface area contributed by atoms with E-state index in [1.165, 1.54) is 18.2 Å². The number of carboxylic acids is 1. The minimum absolute atomic E-state index is 0.406. The molecule has 0 aliphatic heterocycles. The van der Waals surface area contributed by atoms with E-state index < -0.39 is 17.8 Å². The lowest BCUT2D eigenvalue weighted by Crippen LogP contribution is -2.28. The molecule has 2 aromatic carbocycles. The first-order valence-corrected chi connectivity index (χ1v) is 5.92. The van der Waals surface area contributed by atoms with Crippen LogP contribution in [0.25, 0.3) is 0 Å². The SMILES string of the molecule is O=C(O)[C@@H](NCc1ccccc1)c1cccc(F)c1. The average molecular weight is 259 g/mol. The van der Waals surface area contributed by atoms with Gasteiger partial charge in [0.25, 0.3) is 0 Å². The van der Waals surface area contributed by atoms with E-state index in [0.717, 1.165) is 5.56 Å². The summed E-state index contributed by atoms with van der Waals surface area (Å²) in [6, 6.07) is 14.2. The van der Waals surface area contributed by atoms with Crippen molar-refractivity contribution in [2.24, 2.45) is 0 Å². The van der Waals surface area contributed by atoms with Gasteiger partial charge in [-0.1, -0.05) is 42.5 Å². The van der Waals surface area contributed by atoms with Crippen molar-refractivity contribution in [1.29, 1.82) is 0 Å². The largest absolute Gasteiger partial charge is 0.480 e. The smallest absolute Gasteiger partial charge is 0.325 e. The number of nitrogens with one attached hydrogen (secondary N) is 1. The van der Waals surface area contributed by atoms with Gasteiger partial charge in [0.2, 0.25) is 0 Å². The molecule has 0 radical (unpaired) electrons. The van der Waals surface area contributed by atoms with Crippen LogP contribution in [-0.2, 0) is 11.3 Å². The van der Waals surface area contributed by atoms with E-state index in [2.05, 4.69) is 5.32 Å². The summed E-state index contributed by atoms with van der Waals surface area (Å²) >= 11 is 0. The van der Waals surface area contributed by atoms with Gasteiger partial charge in [-0.05, 0) is 23.3 Å². The molecule has 0 saturated carbocycles. The van der Waals surface area contributed by atoms with Crippen molar-refractivity contribution >= 4 is 5.97 Å². The van der Waals surface area contributed by atoms with Crippen LogP contribution in [0.5, 0.6) is 0 Å². The molecule has 0 aromatic heterocycles. The van der Waals surface area contributed by atoms with Gasteiger partial charge in [-0.15, -0.1) is 0 Å². The van der Waals surface area contributed by atoms with E-state index in [9.17, 15) is 14.3 Å². The van der Waals surface area contributed by atoms with Gasteiger partial charge in [0.1, 0.15) is 11.9 Å². The molecule has 0 saturated heterocycles. The van der Waals surface area contributed by atoms with Crippen molar-refractivity contribution in [3.63, 3.8) is 0 Å². The topological polar surface area (TPSA) is 49.3 Å². The Bertz CT molecular complexity index is 557. The van der Waals surface area contributed by atoms with Crippen LogP contribution in [0.15, 0.2) is 54.6 Å². The summed E-state index contributed by atoms with van der Waals surface area (Å²) in [5.74, 6) is -1.47. The van der Waals surface area contributed by atoms with Gasteiger partial charge >= 0.3 is 5.97 Å². The molecule has 0 aliphatic carbocycles. The Morgan fingerprint density at radius 2 is 1.89 bits per heavy atom. The molecule has 2 aromatic rings. The van der Waals surface area contributed by atoms with Crippen LogP contribution < -0.4 is 5.32 Å². The summed E-state index contributed by atoms with van der Waals surface area (Å²) in [6.45, 7) is 0.411. The molecule has 1 atom stereocenters. The monoisotopic (exact) mass is 259 g/mol. The molecule has 98 valence electrons. The summed E-state index contributed by atoms with van der Waals surface area (Å²) in [5, 5.41) is 12.1. The lowest BCUT2D eigenvalue weighted by molar-refractivity contribution is -0.139. The number of carboxylic acid groups (broad SMARTS) is 1. The molecule has 0 spiro atoms. The van der Waals surface area contributed by atoms with E-state index in [4.69, 9.17) is 0 Å². The van der Waals surface area contributed by atoms with Gasteiger partial charge in [-0.3, -0.25) is 10.1 Å². The second kappa shape index (κ2) is 6.11. The molecule has 0 unspecified atom stereocenters. The molecule has 2 rings (SSSR count). The molecular formula is C15H14FNO2. The maximum Gasteiger partial charge on any atom is 0.325 e. The molecule has 2 N–H and O–H groups in total. The van der Waals surface area contributed by atoms with Crippen LogP contribution in [0.4, 0.5) is 4.39 Å². The Hall–Kier alpha value is -2.20. The summed E-state index contributed by atoms with van der Waals surface area (Å²) in [6.07, 6.45) is 0. The number of halogens is 1. The van der Waals surface area contributed by atoms with Gasteiger partial charge in [0.05, 0.1) is 0 Å². The van der Waals surface area contributed by atoms with Gasteiger partial charge in [-0.25, -0.2) is 4.39 Å². The maximum absolute atomic E-state index is 13.1. The van der Waals surface area contributed by atoms with Crippen LogP contribution in [0.1, 0.15) is 17.2 Å². The third-order valence-corrected chi connectivity index (χ3v) is 2.78. The molecule has 0 heterocycles. The van der Waals surface area contributed by atoms with Crippen LogP contribution in [0.3, 0.4) is 0 Å². The van der Waals surface area contributed by atoms with Gasteiger partial charge in [0.15, 0.2) is 0 Å². The normalized spacial score (nSPS) is 12.1. The fourth-order valence-corrected chi connectivity index (χ4v) is 1.85. The quantitative estimate of drug-likeness (QED) is 0.868. The highest BCUT2D eigenvalue weighted by molar-refractivity contribution is 5.75. The van der Waals surface area contributed by atoms with E-state index >= 15 is 0 Å². The molecule has 3 nitrogen and oxygen atoms in total. The molecule has 19 heavy (non-hydrogen) atoms. The lowest BCUT2D eigenvalue weighted by atomic mass is 10.1. The minimum atomic E-state index is -1.03. The average Bonchev–Trinajstić information content (AvgIpc) is 2.40. The summed E-state index contributed by atoms with van der Waals surface area (Å²) in [5.41, 5.74) is 1.38. The van der Waals surface area contributed by atoms with Crippen molar-refractivity contribution in [3.05, 3.63) is 71.5 Å². The predicted molar refractivity (Wildman–Crippen MR) is 70.1 cm³/mol. The zero-order chi connectivity index (χ0) is 13.7. The zero-order valence-electron chi connectivity index (χ0n) is 10.2. The Morgan fingerprint density at radius 1 is 1.16 bits per heavy atom. The Morgan fingerprint density at radius 3 is 2.53 bits per heavy atom. The van der Waals surface area contributed by atoms with Crippen LogP contribution >= 0.6 is 0 Å². The fraction of sp³-hybridized carbons (Fsp3) is 0.133. The Labute approximate surface area is 110 Å². The zero-order valence-corrected chi connectivity index (χ0v) is 10.2. The summed E-state index contributed by atoms with van der Waals surface area (Å²) in [4.78, 5) is 11.2. The summed E-state index contributed by atoms with van der Waals surface area (Å²) in [7, 11) is 0. The van der Waals surface area contributed by atoms with Crippen LogP contribution in [0, 0.1) is 5.82 Å². The predicted octanol–water partition coefficient (Wildman–Crippen LogP) is 2.74. The van der Waals surface area contributed by atoms with Crippen molar-refractivity contribution in [3.8, 4) is 0 Å². The van der Waals surface area contributed by atoms with Gasteiger partial charge in [-0.2, -0.15) is 0 Å². The highest BCUT2D eigenvalue weighted by Crippen LogP contribution is 2.15. The standard InChI is InChI=1S/C15H14FNO2/c16-13-8-4-7-12(9-13)14(15(18)19)17-10-11-5-2-1-3-6-11/h1-9,14,17H,10H2,(H,18,19)/t14-/m0/s1. The molecular weight excluding hydrogens is 245 g/mol. The highest BCUT2D eigenvalue weighted by Gasteiger charge is 2.19. The second-order valence-corrected chi connectivity index (χ2v) is 4.19. The first-order valence-electron chi connectivity index (χ1n) is 5.92. The fourth-order valence-electron chi connectivity index (χ4n) is 1.85. The van der Waals surface area contributed by atoms with Gasteiger partial charge in [0, 0.05) is 6.54 Å². The lowest BCUT2D eigenvalue weighted by Gasteiger charge is -2.15. The van der Waals surface area contributed by atoms with Crippen molar-refractivity contribution < 1.29 is 14.3 Å². The number of aliphatic carboxylic acids is 1. The molecule has 0 bridgehead atoms. The Kier molecular flexibility index (Phi) is 4.26. The first kappa shape index (κ1) is 13.2. The van der Waals surface area contributed by atoms with Crippen LogP contribution in [-0.4, -0.2) is 11.1 Å². The number of rotatable bonds is 5. The number of hydrogen-bond acceptors (Lipinski definition) is 2. The second-order valence-electron chi connectivity index (χ2n) is 4.19. The molecule has 0 fully saturated rings. The van der Waals surface area contributed by atoms with Crippen molar-refractivity contribution in [1.82, 2.24) is 5.32 Å². The van der Waals surface area contributed by atoms with E-state index in [1.807, 2.05) is 30.3 Å². The van der Waals surface area contributed by atoms with E-state index in [1.54, 1.807) is 6.07 Å². The van der Waals surface area contributed by atoms with E-state index in [-0.39, 0.29) is 0 Å². The minimum Gasteiger partial charge on any atom is -0.480 e. The third kappa shape index (κ3) is 3.63. The van der Waals surface area contributed by atoms with Crippen molar-refractivity contribution in [2.45, 2.75) is 12.6 Å².